The fourth-order valence-electron chi connectivity index (χ4n) is 2.38. The summed E-state index contributed by atoms with van der Waals surface area (Å²) in [5.74, 6) is -1.62. The highest BCUT2D eigenvalue weighted by Gasteiger charge is 2.28. The molecule has 11 heteroatoms. The lowest BCUT2D eigenvalue weighted by Crippen LogP contribution is -2.27. The predicted molar refractivity (Wildman–Crippen MR) is 103 cm³/mol. The lowest BCUT2D eigenvalue weighted by Gasteiger charge is -2.20. The van der Waals surface area contributed by atoms with E-state index >= 15 is 0 Å². The largest absolute Gasteiger partial charge is 0.496 e. The first-order chi connectivity index (χ1) is 13.8. The van der Waals surface area contributed by atoms with Gasteiger partial charge in [0.2, 0.25) is 5.13 Å². The summed E-state index contributed by atoms with van der Waals surface area (Å²) in [5.41, 5.74) is 0.208. The standard InChI is InChI=1S/C18H21N3O7S/c1-9(17(27-10(2)22)28-11(3)23)16-20-21-18(29-16)19-15(24)14-12(25-4)7-6-8-13(14)26-5/h6-9,17H,1-5H3,(H,19,21,24). The van der Waals surface area contributed by atoms with E-state index in [0.29, 0.717) is 16.5 Å². The number of carbonyl (C=O) groups is 3. The van der Waals surface area contributed by atoms with Gasteiger partial charge in [0, 0.05) is 13.8 Å². The molecule has 0 bridgehead atoms. The van der Waals surface area contributed by atoms with Crippen LogP contribution in [0.25, 0.3) is 0 Å². The van der Waals surface area contributed by atoms with Crippen molar-refractivity contribution in [2.24, 2.45) is 0 Å². The third-order valence-electron chi connectivity index (χ3n) is 3.68. The molecular weight excluding hydrogens is 402 g/mol. The van der Waals surface area contributed by atoms with Crippen LogP contribution in [0.2, 0.25) is 0 Å². The second-order valence-corrected chi connectivity index (χ2v) is 6.82. The third kappa shape index (κ3) is 5.64. The summed E-state index contributed by atoms with van der Waals surface area (Å²) >= 11 is 1.05. The molecule has 1 unspecified atom stereocenters. The first-order valence-electron chi connectivity index (χ1n) is 8.47. The lowest BCUT2D eigenvalue weighted by molar-refractivity contribution is -0.188. The second-order valence-electron chi connectivity index (χ2n) is 5.81. The van der Waals surface area contributed by atoms with Crippen LogP contribution < -0.4 is 14.8 Å². The molecule has 2 rings (SSSR count). The summed E-state index contributed by atoms with van der Waals surface area (Å²) in [5, 5.41) is 11.2. The monoisotopic (exact) mass is 423 g/mol. The average molecular weight is 423 g/mol. The van der Waals surface area contributed by atoms with Gasteiger partial charge in [-0.25, -0.2) is 0 Å². The van der Waals surface area contributed by atoms with Gasteiger partial charge >= 0.3 is 11.9 Å². The maximum atomic E-state index is 12.7. The quantitative estimate of drug-likeness (QED) is 0.503. The summed E-state index contributed by atoms with van der Waals surface area (Å²) in [4.78, 5) is 35.3. The number of ether oxygens (including phenoxy) is 4. The molecule has 1 aromatic heterocycles. The van der Waals surface area contributed by atoms with Gasteiger partial charge in [-0.15, -0.1) is 10.2 Å². The first-order valence-corrected chi connectivity index (χ1v) is 9.28. The highest BCUT2D eigenvalue weighted by molar-refractivity contribution is 7.15. The molecule has 0 saturated heterocycles. The van der Waals surface area contributed by atoms with Crippen LogP contribution in [0.5, 0.6) is 11.5 Å². The molecule has 1 N–H and O–H groups in total. The molecule has 1 aromatic carbocycles. The predicted octanol–water partition coefficient (Wildman–Crippen LogP) is 2.36. The summed E-state index contributed by atoms with van der Waals surface area (Å²) in [6.07, 6.45) is -1.16. The van der Waals surface area contributed by atoms with E-state index in [1.807, 2.05) is 0 Å². The van der Waals surface area contributed by atoms with Crippen LogP contribution in [-0.4, -0.2) is 48.6 Å². The van der Waals surface area contributed by atoms with Crippen LogP contribution in [0.4, 0.5) is 5.13 Å². The van der Waals surface area contributed by atoms with E-state index in [1.54, 1.807) is 25.1 Å². The van der Waals surface area contributed by atoms with Crippen LogP contribution in [0.1, 0.15) is 42.1 Å². The molecule has 0 aliphatic heterocycles. The third-order valence-corrected chi connectivity index (χ3v) is 4.72. The van der Waals surface area contributed by atoms with Crippen LogP contribution >= 0.6 is 11.3 Å². The van der Waals surface area contributed by atoms with Gasteiger partial charge in [-0.2, -0.15) is 0 Å². The van der Waals surface area contributed by atoms with Crippen molar-refractivity contribution in [1.82, 2.24) is 10.2 Å². The van der Waals surface area contributed by atoms with Gasteiger partial charge in [0.25, 0.3) is 12.2 Å². The van der Waals surface area contributed by atoms with E-state index in [0.717, 1.165) is 11.3 Å². The lowest BCUT2D eigenvalue weighted by atomic mass is 10.1. The average Bonchev–Trinajstić information content (AvgIpc) is 3.13. The Hall–Kier alpha value is -3.21. The Morgan fingerprint density at radius 3 is 2.03 bits per heavy atom. The molecule has 10 nitrogen and oxygen atoms in total. The maximum absolute atomic E-state index is 12.7. The Kier molecular flexibility index (Phi) is 7.48. The zero-order valence-electron chi connectivity index (χ0n) is 16.5. The Morgan fingerprint density at radius 1 is 1.00 bits per heavy atom. The molecule has 0 aliphatic carbocycles. The minimum atomic E-state index is -1.16. The van der Waals surface area contributed by atoms with Gasteiger partial charge in [0.05, 0.1) is 20.1 Å². The Morgan fingerprint density at radius 2 is 1.55 bits per heavy atom. The highest BCUT2D eigenvalue weighted by atomic mass is 32.1. The molecule has 0 fully saturated rings. The summed E-state index contributed by atoms with van der Waals surface area (Å²) in [6.45, 7) is 4.07. The number of hydrogen-bond donors (Lipinski definition) is 1. The number of nitrogens with one attached hydrogen (secondary N) is 1. The van der Waals surface area contributed by atoms with Crippen molar-refractivity contribution in [1.29, 1.82) is 0 Å². The molecule has 0 saturated carbocycles. The Labute approximate surface area is 171 Å². The smallest absolute Gasteiger partial charge is 0.305 e. The molecule has 0 aliphatic rings. The molecule has 156 valence electrons. The Balaban J connectivity index is 2.20. The van der Waals surface area contributed by atoms with Crippen molar-refractivity contribution in [2.45, 2.75) is 33.0 Å². The van der Waals surface area contributed by atoms with Gasteiger partial charge < -0.3 is 18.9 Å². The molecule has 29 heavy (non-hydrogen) atoms. The number of hydrogen-bond acceptors (Lipinski definition) is 10. The van der Waals surface area contributed by atoms with Crippen LogP contribution in [0, 0.1) is 0 Å². The zero-order valence-corrected chi connectivity index (χ0v) is 17.4. The highest BCUT2D eigenvalue weighted by Crippen LogP contribution is 2.31. The van der Waals surface area contributed by atoms with Gasteiger partial charge in [-0.1, -0.05) is 17.4 Å². The van der Waals surface area contributed by atoms with Crippen molar-refractivity contribution in [3.8, 4) is 11.5 Å². The topological polar surface area (TPSA) is 126 Å². The molecule has 1 atom stereocenters. The number of aromatic nitrogens is 2. The number of nitrogens with zero attached hydrogens (tertiary/aromatic N) is 2. The summed E-state index contributed by atoms with van der Waals surface area (Å²) in [6, 6.07) is 4.96. The molecule has 0 radical (unpaired) electrons. The van der Waals surface area contributed by atoms with E-state index in [2.05, 4.69) is 15.5 Å². The van der Waals surface area contributed by atoms with Crippen molar-refractivity contribution in [3.63, 3.8) is 0 Å². The van der Waals surface area contributed by atoms with Crippen molar-refractivity contribution in [3.05, 3.63) is 28.8 Å². The first kappa shape index (κ1) is 22.1. The number of methoxy groups -OCH3 is 2. The van der Waals surface area contributed by atoms with Crippen molar-refractivity contribution >= 4 is 34.3 Å². The van der Waals surface area contributed by atoms with E-state index in [4.69, 9.17) is 18.9 Å². The zero-order chi connectivity index (χ0) is 21.6. The number of rotatable bonds is 8. The molecule has 1 amide bonds. The molecular formula is C18H21N3O7S. The summed E-state index contributed by atoms with van der Waals surface area (Å²) < 4.78 is 20.5. The van der Waals surface area contributed by atoms with Crippen LogP contribution in [-0.2, 0) is 19.1 Å². The minimum Gasteiger partial charge on any atom is -0.496 e. The van der Waals surface area contributed by atoms with E-state index in [1.165, 1.54) is 28.1 Å². The minimum absolute atomic E-state index is 0.203. The van der Waals surface area contributed by atoms with Crippen molar-refractivity contribution in [2.75, 3.05) is 19.5 Å². The van der Waals surface area contributed by atoms with Crippen molar-refractivity contribution < 1.29 is 33.3 Å². The number of benzene rings is 1. The van der Waals surface area contributed by atoms with Crippen LogP contribution in [0.15, 0.2) is 18.2 Å². The molecule has 1 heterocycles. The van der Waals surface area contributed by atoms with Gasteiger partial charge in [-0.3, -0.25) is 19.7 Å². The fraction of sp³-hybridized carbons (Fsp3) is 0.389. The maximum Gasteiger partial charge on any atom is 0.305 e. The fourth-order valence-corrected chi connectivity index (χ4v) is 3.18. The summed E-state index contributed by atoms with van der Waals surface area (Å²) in [7, 11) is 2.89. The van der Waals surface area contributed by atoms with E-state index in [-0.39, 0.29) is 10.7 Å². The van der Waals surface area contributed by atoms with Gasteiger partial charge in [-0.05, 0) is 19.1 Å². The van der Waals surface area contributed by atoms with Crippen LogP contribution in [0.3, 0.4) is 0 Å². The number of anilines is 1. The normalized spacial score (nSPS) is 11.5. The number of amides is 1. The number of carbonyl (C=O) groups excluding carboxylic acids is 3. The number of esters is 2. The molecule has 0 spiro atoms. The van der Waals surface area contributed by atoms with Gasteiger partial charge in [0.15, 0.2) is 0 Å². The molecule has 2 aromatic rings. The Bertz CT molecular complexity index is 861. The van der Waals surface area contributed by atoms with E-state index < -0.39 is 30.1 Å². The second kappa shape index (κ2) is 9.82. The SMILES string of the molecule is COc1cccc(OC)c1C(=O)Nc1nnc(C(C)C(OC(C)=O)OC(C)=O)s1. The van der Waals surface area contributed by atoms with Gasteiger partial charge in [0.1, 0.15) is 22.1 Å². The van der Waals surface area contributed by atoms with E-state index in [9.17, 15) is 14.4 Å².